The lowest BCUT2D eigenvalue weighted by Gasteiger charge is -2.18. The first kappa shape index (κ1) is 16.7. The van der Waals surface area contributed by atoms with Crippen molar-refractivity contribution in [3.63, 3.8) is 0 Å². The number of hydrogen-bond donors (Lipinski definition) is 3. The van der Waals surface area contributed by atoms with Crippen LogP contribution in [0.4, 0.5) is 16.2 Å². The van der Waals surface area contributed by atoms with Crippen molar-refractivity contribution < 1.29 is 17.9 Å². The molecule has 0 fully saturated rings. The number of urea groups is 1. The highest BCUT2D eigenvalue weighted by Gasteiger charge is 2.24. The lowest BCUT2D eigenvalue weighted by Crippen LogP contribution is -2.37. The van der Waals surface area contributed by atoms with E-state index in [2.05, 4.69) is 25.3 Å². The maximum atomic E-state index is 12.1. The van der Waals surface area contributed by atoms with Crippen molar-refractivity contribution in [2.24, 2.45) is 4.40 Å². The van der Waals surface area contributed by atoms with Crippen LogP contribution in [-0.4, -0.2) is 38.9 Å². The SMILES string of the molecule is COc1cccc(NC(=O)NCC2=NS(=O)(=O)c3cnccc3N2)c1. The summed E-state index contributed by atoms with van der Waals surface area (Å²) in [5, 5.41) is 8.02. The van der Waals surface area contributed by atoms with Gasteiger partial charge in [-0.15, -0.1) is 4.40 Å². The van der Waals surface area contributed by atoms with Gasteiger partial charge in [-0.3, -0.25) is 4.98 Å². The van der Waals surface area contributed by atoms with Crippen molar-refractivity contribution in [1.82, 2.24) is 10.3 Å². The average Bonchev–Trinajstić information content (AvgIpc) is 2.60. The van der Waals surface area contributed by atoms with Crippen LogP contribution in [0.2, 0.25) is 0 Å². The number of amidine groups is 1. The topological polar surface area (TPSA) is 122 Å². The Morgan fingerprint density at radius 1 is 1.32 bits per heavy atom. The molecule has 0 radical (unpaired) electrons. The van der Waals surface area contributed by atoms with Gasteiger partial charge in [0.15, 0.2) is 0 Å². The van der Waals surface area contributed by atoms with E-state index in [-0.39, 0.29) is 17.3 Å². The molecular weight excluding hydrogens is 346 g/mol. The highest BCUT2D eigenvalue weighted by molar-refractivity contribution is 7.90. The molecule has 1 aromatic heterocycles. The first-order valence-corrected chi connectivity index (χ1v) is 8.66. The van der Waals surface area contributed by atoms with Gasteiger partial charge in [-0.25, -0.2) is 4.79 Å². The second-order valence-electron chi connectivity index (χ2n) is 5.05. The molecule has 2 aromatic rings. The van der Waals surface area contributed by atoms with E-state index in [4.69, 9.17) is 4.74 Å². The van der Waals surface area contributed by atoms with Crippen molar-refractivity contribution in [1.29, 1.82) is 0 Å². The van der Waals surface area contributed by atoms with Crippen molar-refractivity contribution in [2.45, 2.75) is 4.90 Å². The standard InChI is InChI=1S/C15H15N5O4S/c1-24-11-4-2-3-10(7-11)18-15(21)17-9-14-19-12-5-6-16-8-13(12)25(22,23)20-14/h2-8H,9H2,1H3,(H,19,20)(H2,17,18,21). The third-order valence-electron chi connectivity index (χ3n) is 3.32. The zero-order chi connectivity index (χ0) is 17.9. The van der Waals surface area contributed by atoms with Crippen LogP contribution in [0.5, 0.6) is 5.75 Å². The van der Waals surface area contributed by atoms with Crippen LogP contribution in [0.15, 0.2) is 52.0 Å². The molecule has 9 nitrogen and oxygen atoms in total. The minimum atomic E-state index is -3.83. The van der Waals surface area contributed by atoms with Gasteiger partial charge in [-0.05, 0) is 18.2 Å². The number of methoxy groups -OCH3 is 1. The fourth-order valence-corrected chi connectivity index (χ4v) is 3.27. The van der Waals surface area contributed by atoms with Crippen LogP contribution in [0, 0.1) is 0 Å². The van der Waals surface area contributed by atoms with Gasteiger partial charge in [0.2, 0.25) is 0 Å². The summed E-state index contributed by atoms with van der Waals surface area (Å²) >= 11 is 0. The Morgan fingerprint density at radius 3 is 2.96 bits per heavy atom. The molecule has 1 aromatic carbocycles. The number of anilines is 2. The zero-order valence-corrected chi connectivity index (χ0v) is 14.0. The first-order valence-electron chi connectivity index (χ1n) is 7.22. The van der Waals surface area contributed by atoms with Crippen molar-refractivity contribution in [2.75, 3.05) is 24.3 Å². The Kier molecular flexibility index (Phi) is 4.52. The molecule has 10 heteroatoms. The van der Waals surface area contributed by atoms with Crippen LogP contribution in [-0.2, 0) is 10.0 Å². The van der Waals surface area contributed by atoms with Crippen molar-refractivity contribution >= 4 is 33.3 Å². The third kappa shape index (κ3) is 3.86. The highest BCUT2D eigenvalue weighted by Crippen LogP contribution is 2.25. The Morgan fingerprint density at radius 2 is 2.16 bits per heavy atom. The van der Waals surface area contributed by atoms with Crippen LogP contribution in [0.1, 0.15) is 0 Å². The van der Waals surface area contributed by atoms with Crippen LogP contribution in [0.3, 0.4) is 0 Å². The fraction of sp³-hybridized carbons (Fsp3) is 0.133. The molecule has 0 unspecified atom stereocenters. The summed E-state index contributed by atoms with van der Waals surface area (Å²) in [6.07, 6.45) is 2.69. The number of benzene rings is 1. The van der Waals surface area contributed by atoms with Crippen molar-refractivity contribution in [3.8, 4) is 5.75 Å². The van der Waals surface area contributed by atoms with Crippen LogP contribution < -0.4 is 20.7 Å². The zero-order valence-electron chi connectivity index (χ0n) is 13.2. The highest BCUT2D eigenvalue weighted by atomic mass is 32.2. The number of hydrogen-bond acceptors (Lipinski definition) is 6. The number of rotatable bonds is 4. The third-order valence-corrected chi connectivity index (χ3v) is 4.66. The molecule has 1 aliphatic rings. The first-order chi connectivity index (χ1) is 12.0. The maximum Gasteiger partial charge on any atom is 0.319 e. The summed E-state index contributed by atoms with van der Waals surface area (Å²) in [5.74, 6) is 0.715. The second kappa shape index (κ2) is 6.77. The molecule has 2 heterocycles. The van der Waals surface area contributed by atoms with Gasteiger partial charge in [0, 0.05) is 24.1 Å². The number of sulfonamides is 1. The van der Waals surface area contributed by atoms with E-state index in [1.54, 1.807) is 24.3 Å². The summed E-state index contributed by atoms with van der Waals surface area (Å²) in [7, 11) is -2.30. The molecule has 0 saturated carbocycles. The lowest BCUT2D eigenvalue weighted by molar-refractivity contribution is 0.253. The summed E-state index contributed by atoms with van der Waals surface area (Å²) in [6, 6.07) is 7.86. The summed E-state index contributed by atoms with van der Waals surface area (Å²) < 4.78 is 32.9. The van der Waals surface area contributed by atoms with E-state index in [9.17, 15) is 13.2 Å². The van der Waals surface area contributed by atoms with E-state index < -0.39 is 16.1 Å². The normalized spacial score (nSPS) is 14.5. The monoisotopic (exact) mass is 361 g/mol. The number of carbonyl (C=O) groups is 1. The molecule has 130 valence electrons. The molecule has 3 rings (SSSR count). The van der Waals surface area contributed by atoms with Gasteiger partial charge < -0.3 is 20.7 Å². The number of fused-ring (bicyclic) bond motifs is 1. The van der Waals surface area contributed by atoms with E-state index in [1.165, 1.54) is 25.6 Å². The Bertz CT molecular complexity index is 942. The Balaban J connectivity index is 1.64. The van der Waals surface area contributed by atoms with E-state index in [1.807, 2.05) is 0 Å². The van der Waals surface area contributed by atoms with Gasteiger partial charge in [0.1, 0.15) is 16.5 Å². The molecule has 0 aliphatic carbocycles. The number of amides is 2. The van der Waals surface area contributed by atoms with E-state index >= 15 is 0 Å². The molecule has 25 heavy (non-hydrogen) atoms. The quantitative estimate of drug-likeness (QED) is 0.757. The number of ether oxygens (including phenoxy) is 1. The minimum absolute atomic E-state index is 0.000387. The Labute approximate surface area is 144 Å². The Hall–Kier alpha value is -3.14. The van der Waals surface area contributed by atoms with Gasteiger partial charge in [0.25, 0.3) is 10.0 Å². The molecule has 0 saturated heterocycles. The van der Waals surface area contributed by atoms with Crippen LogP contribution in [0.25, 0.3) is 0 Å². The van der Waals surface area contributed by atoms with Gasteiger partial charge in [-0.1, -0.05) is 6.07 Å². The minimum Gasteiger partial charge on any atom is -0.497 e. The number of nitrogens with zero attached hydrogens (tertiary/aromatic N) is 2. The average molecular weight is 361 g/mol. The summed E-state index contributed by atoms with van der Waals surface area (Å²) in [4.78, 5) is 15.7. The molecule has 1 aliphatic heterocycles. The lowest BCUT2D eigenvalue weighted by atomic mass is 10.3. The maximum absolute atomic E-state index is 12.1. The van der Waals surface area contributed by atoms with E-state index in [0.717, 1.165) is 0 Å². The summed E-state index contributed by atoms with van der Waals surface area (Å²) in [5.41, 5.74) is 0.912. The molecule has 0 atom stereocenters. The van der Waals surface area contributed by atoms with Gasteiger partial charge in [-0.2, -0.15) is 8.42 Å². The van der Waals surface area contributed by atoms with Gasteiger partial charge >= 0.3 is 6.03 Å². The fourth-order valence-electron chi connectivity index (χ4n) is 2.18. The number of aromatic nitrogens is 1. The number of nitrogens with one attached hydrogen (secondary N) is 3. The second-order valence-corrected chi connectivity index (χ2v) is 6.62. The summed E-state index contributed by atoms with van der Waals surface area (Å²) in [6.45, 7) is -0.0865. The predicted octanol–water partition coefficient (Wildman–Crippen LogP) is 1.42. The van der Waals surface area contributed by atoms with E-state index in [0.29, 0.717) is 17.1 Å². The number of pyridine rings is 1. The number of carbonyl (C=O) groups excluding carboxylic acids is 1. The van der Waals surface area contributed by atoms with Gasteiger partial charge in [0.05, 0.1) is 19.3 Å². The van der Waals surface area contributed by atoms with Crippen LogP contribution >= 0.6 is 0 Å². The molecule has 2 amide bonds. The molecule has 0 bridgehead atoms. The largest absolute Gasteiger partial charge is 0.497 e. The molecular formula is C15H15N5O4S. The molecule has 0 spiro atoms. The van der Waals surface area contributed by atoms with Crippen molar-refractivity contribution in [3.05, 3.63) is 42.7 Å². The molecule has 3 N–H and O–H groups in total. The predicted molar refractivity (Wildman–Crippen MR) is 92.5 cm³/mol. The smallest absolute Gasteiger partial charge is 0.319 e.